The van der Waals surface area contributed by atoms with Crippen LogP contribution in [0, 0.1) is 0 Å². The molecular formula is C16H14F3NO2. The molecule has 0 saturated heterocycles. The number of rotatable bonds is 5. The second-order valence-electron chi connectivity index (χ2n) is 4.48. The molecule has 3 nitrogen and oxygen atoms in total. The largest absolute Gasteiger partial charge is 0.497 e. The lowest BCUT2D eigenvalue weighted by Gasteiger charge is -2.06. The van der Waals surface area contributed by atoms with E-state index in [2.05, 4.69) is 5.16 Å². The van der Waals surface area contributed by atoms with Crippen LogP contribution in [0.2, 0.25) is 0 Å². The number of benzene rings is 2. The summed E-state index contributed by atoms with van der Waals surface area (Å²) in [6.07, 6.45) is -3.12. The van der Waals surface area contributed by atoms with E-state index in [0.717, 1.165) is 17.7 Å². The average Bonchev–Trinajstić information content (AvgIpc) is 2.51. The van der Waals surface area contributed by atoms with E-state index in [-0.39, 0.29) is 6.61 Å². The summed E-state index contributed by atoms with van der Waals surface area (Å²) in [5.41, 5.74) is 0.449. The minimum atomic E-state index is -4.37. The molecule has 0 fully saturated rings. The smallest absolute Gasteiger partial charge is 0.416 e. The summed E-state index contributed by atoms with van der Waals surface area (Å²) < 4.78 is 42.8. The van der Waals surface area contributed by atoms with Crippen LogP contribution in [-0.2, 0) is 17.6 Å². The number of methoxy groups -OCH3 is 1. The van der Waals surface area contributed by atoms with Crippen LogP contribution in [0.4, 0.5) is 13.2 Å². The Hall–Kier alpha value is -2.50. The number of hydrogen-bond acceptors (Lipinski definition) is 3. The van der Waals surface area contributed by atoms with Gasteiger partial charge in [0.1, 0.15) is 12.4 Å². The molecule has 0 N–H and O–H groups in total. The van der Waals surface area contributed by atoms with Crippen LogP contribution in [0.1, 0.15) is 16.7 Å². The van der Waals surface area contributed by atoms with Gasteiger partial charge in [-0.2, -0.15) is 13.2 Å². The standard InChI is InChI=1S/C16H14F3NO2/c1-21-15-7-3-5-13(9-15)11-22-20-10-12-4-2-6-14(8-12)16(17,18)19/h2-10H,11H2,1H3. The van der Waals surface area contributed by atoms with E-state index < -0.39 is 11.7 Å². The Morgan fingerprint density at radius 3 is 2.59 bits per heavy atom. The fourth-order valence-electron chi connectivity index (χ4n) is 1.77. The van der Waals surface area contributed by atoms with Crippen LogP contribution in [0.3, 0.4) is 0 Å². The molecule has 0 bridgehead atoms. The number of nitrogens with zero attached hydrogens (tertiary/aromatic N) is 1. The first-order valence-electron chi connectivity index (χ1n) is 6.44. The number of alkyl halides is 3. The van der Waals surface area contributed by atoms with Gasteiger partial charge in [0.15, 0.2) is 0 Å². The van der Waals surface area contributed by atoms with Gasteiger partial charge in [0.2, 0.25) is 0 Å². The predicted molar refractivity (Wildman–Crippen MR) is 76.8 cm³/mol. The monoisotopic (exact) mass is 309 g/mol. The first-order chi connectivity index (χ1) is 10.5. The van der Waals surface area contributed by atoms with Crippen LogP contribution < -0.4 is 4.74 Å². The quantitative estimate of drug-likeness (QED) is 0.610. The van der Waals surface area contributed by atoms with Crippen molar-refractivity contribution in [2.24, 2.45) is 5.16 Å². The second kappa shape index (κ2) is 6.98. The van der Waals surface area contributed by atoms with Crippen LogP contribution in [0.5, 0.6) is 5.75 Å². The molecule has 0 radical (unpaired) electrons. The van der Waals surface area contributed by atoms with E-state index in [0.29, 0.717) is 11.3 Å². The molecule has 2 rings (SSSR count). The third-order valence-corrected chi connectivity index (χ3v) is 2.86. The zero-order chi connectivity index (χ0) is 16.0. The summed E-state index contributed by atoms with van der Waals surface area (Å²) in [5.74, 6) is 0.697. The molecule has 0 aliphatic heterocycles. The lowest BCUT2D eigenvalue weighted by molar-refractivity contribution is -0.137. The minimum absolute atomic E-state index is 0.201. The van der Waals surface area contributed by atoms with Crippen molar-refractivity contribution in [3.63, 3.8) is 0 Å². The van der Waals surface area contributed by atoms with Gasteiger partial charge < -0.3 is 9.57 Å². The normalized spacial score (nSPS) is 11.6. The summed E-state index contributed by atoms with van der Waals surface area (Å²) >= 11 is 0. The Labute approximate surface area is 126 Å². The van der Waals surface area contributed by atoms with Crippen LogP contribution in [-0.4, -0.2) is 13.3 Å². The van der Waals surface area contributed by atoms with Crippen molar-refractivity contribution in [3.05, 3.63) is 65.2 Å². The van der Waals surface area contributed by atoms with Crippen molar-refractivity contribution in [2.45, 2.75) is 12.8 Å². The summed E-state index contributed by atoms with van der Waals surface area (Å²) in [6.45, 7) is 0.201. The van der Waals surface area contributed by atoms with Gasteiger partial charge in [0.05, 0.1) is 18.9 Å². The Balaban J connectivity index is 1.95. The molecular weight excluding hydrogens is 295 g/mol. The molecule has 116 valence electrons. The van der Waals surface area contributed by atoms with Gasteiger partial charge in [-0.15, -0.1) is 0 Å². The zero-order valence-electron chi connectivity index (χ0n) is 11.8. The van der Waals surface area contributed by atoms with Gasteiger partial charge in [0.25, 0.3) is 0 Å². The Morgan fingerprint density at radius 1 is 1.09 bits per heavy atom. The maximum atomic E-state index is 12.6. The maximum Gasteiger partial charge on any atom is 0.416 e. The number of halogens is 3. The van der Waals surface area contributed by atoms with E-state index in [1.54, 1.807) is 19.2 Å². The van der Waals surface area contributed by atoms with Crippen LogP contribution >= 0.6 is 0 Å². The van der Waals surface area contributed by atoms with E-state index in [9.17, 15) is 13.2 Å². The highest BCUT2D eigenvalue weighted by Gasteiger charge is 2.30. The summed E-state index contributed by atoms with van der Waals surface area (Å²) in [4.78, 5) is 5.08. The third kappa shape index (κ3) is 4.51. The van der Waals surface area contributed by atoms with Gasteiger partial charge in [-0.05, 0) is 35.4 Å². The molecule has 0 aliphatic rings. The van der Waals surface area contributed by atoms with Gasteiger partial charge in [-0.25, -0.2) is 0 Å². The first kappa shape index (κ1) is 15.9. The van der Waals surface area contributed by atoms with E-state index >= 15 is 0 Å². The van der Waals surface area contributed by atoms with Crippen molar-refractivity contribution < 1.29 is 22.7 Å². The number of oxime groups is 1. The first-order valence-corrected chi connectivity index (χ1v) is 6.44. The van der Waals surface area contributed by atoms with E-state index in [1.807, 2.05) is 12.1 Å². The lowest BCUT2D eigenvalue weighted by Crippen LogP contribution is -2.05. The van der Waals surface area contributed by atoms with Gasteiger partial charge in [0, 0.05) is 0 Å². The van der Waals surface area contributed by atoms with Crippen LogP contribution in [0.25, 0.3) is 0 Å². The highest BCUT2D eigenvalue weighted by Crippen LogP contribution is 2.29. The fourth-order valence-corrected chi connectivity index (χ4v) is 1.77. The highest BCUT2D eigenvalue weighted by molar-refractivity contribution is 5.79. The maximum absolute atomic E-state index is 12.6. The Morgan fingerprint density at radius 2 is 1.86 bits per heavy atom. The molecule has 6 heteroatoms. The topological polar surface area (TPSA) is 30.8 Å². The molecule has 2 aromatic carbocycles. The summed E-state index contributed by atoms with van der Waals surface area (Å²) in [6, 6.07) is 12.1. The van der Waals surface area contributed by atoms with Gasteiger partial charge in [-0.1, -0.05) is 29.4 Å². The molecule has 0 unspecified atom stereocenters. The molecule has 0 heterocycles. The molecule has 0 spiro atoms. The Bertz CT molecular complexity index is 654. The molecule has 0 amide bonds. The number of hydrogen-bond donors (Lipinski definition) is 0. The summed E-state index contributed by atoms with van der Waals surface area (Å²) in [7, 11) is 1.56. The highest BCUT2D eigenvalue weighted by atomic mass is 19.4. The predicted octanol–water partition coefficient (Wildman–Crippen LogP) is 4.26. The van der Waals surface area contributed by atoms with Crippen molar-refractivity contribution in [2.75, 3.05) is 7.11 Å². The van der Waals surface area contributed by atoms with Crippen molar-refractivity contribution in [3.8, 4) is 5.75 Å². The van der Waals surface area contributed by atoms with Crippen molar-refractivity contribution >= 4 is 6.21 Å². The SMILES string of the molecule is COc1cccc(CON=Cc2cccc(C(F)(F)F)c2)c1. The molecule has 0 saturated carbocycles. The minimum Gasteiger partial charge on any atom is -0.497 e. The van der Waals surface area contributed by atoms with E-state index in [1.165, 1.54) is 18.3 Å². The Kier molecular flexibility index (Phi) is 5.04. The van der Waals surface area contributed by atoms with Crippen molar-refractivity contribution in [1.29, 1.82) is 0 Å². The average molecular weight is 309 g/mol. The molecule has 0 atom stereocenters. The molecule has 0 aliphatic carbocycles. The zero-order valence-corrected chi connectivity index (χ0v) is 11.8. The second-order valence-corrected chi connectivity index (χ2v) is 4.48. The fraction of sp³-hybridized carbons (Fsp3) is 0.188. The number of ether oxygens (including phenoxy) is 1. The van der Waals surface area contributed by atoms with Gasteiger partial charge in [-0.3, -0.25) is 0 Å². The van der Waals surface area contributed by atoms with E-state index in [4.69, 9.17) is 9.57 Å². The summed E-state index contributed by atoms with van der Waals surface area (Å²) in [5, 5.41) is 3.68. The van der Waals surface area contributed by atoms with Crippen LogP contribution in [0.15, 0.2) is 53.7 Å². The molecule has 22 heavy (non-hydrogen) atoms. The lowest BCUT2D eigenvalue weighted by atomic mass is 10.1. The van der Waals surface area contributed by atoms with Gasteiger partial charge >= 0.3 is 6.18 Å². The molecule has 2 aromatic rings. The van der Waals surface area contributed by atoms with Crippen molar-refractivity contribution in [1.82, 2.24) is 0 Å². The third-order valence-electron chi connectivity index (χ3n) is 2.86. The molecule has 0 aromatic heterocycles.